The number of ketones is 2. The van der Waals surface area contributed by atoms with E-state index in [1.165, 1.54) is 0 Å². The molecule has 1 aromatic carbocycles. The van der Waals surface area contributed by atoms with Crippen LogP contribution in [0.3, 0.4) is 0 Å². The molecule has 0 radical (unpaired) electrons. The third-order valence-corrected chi connectivity index (χ3v) is 3.01. The van der Waals surface area contributed by atoms with Gasteiger partial charge < -0.3 is 0 Å². The number of hydrogen-bond acceptors (Lipinski definition) is 2. The lowest BCUT2D eigenvalue weighted by Crippen LogP contribution is -2.25. The molecule has 2 heteroatoms. The molecule has 0 heterocycles. The lowest BCUT2D eigenvalue weighted by atomic mass is 9.93. The second-order valence-corrected chi connectivity index (χ2v) is 4.18. The molecular formula is C14H10O2. The Kier molecular flexibility index (Phi) is 1.90. The van der Waals surface area contributed by atoms with Gasteiger partial charge in [-0.15, -0.1) is 0 Å². The minimum atomic E-state index is 0.0126. The van der Waals surface area contributed by atoms with Crippen molar-refractivity contribution in [2.24, 2.45) is 0 Å². The molecule has 0 spiro atoms. The van der Waals surface area contributed by atoms with Crippen molar-refractivity contribution < 1.29 is 9.59 Å². The molecule has 0 aliphatic heterocycles. The molecule has 0 unspecified atom stereocenters. The Balaban J connectivity index is 2.30. The van der Waals surface area contributed by atoms with E-state index in [2.05, 4.69) is 6.07 Å². The Morgan fingerprint density at radius 2 is 1.88 bits per heavy atom. The summed E-state index contributed by atoms with van der Waals surface area (Å²) in [6.45, 7) is 0. The van der Waals surface area contributed by atoms with Crippen LogP contribution < -0.4 is 10.4 Å². The fourth-order valence-electron chi connectivity index (χ4n) is 2.19. The van der Waals surface area contributed by atoms with Gasteiger partial charge in [0.15, 0.2) is 5.78 Å². The van der Waals surface area contributed by atoms with Gasteiger partial charge >= 0.3 is 0 Å². The topological polar surface area (TPSA) is 34.1 Å². The van der Waals surface area contributed by atoms with Gasteiger partial charge in [-0.1, -0.05) is 12.2 Å². The lowest BCUT2D eigenvalue weighted by Gasteiger charge is -2.10. The molecule has 2 nitrogen and oxygen atoms in total. The molecule has 0 saturated heterocycles. The monoisotopic (exact) mass is 210 g/mol. The molecule has 2 aliphatic rings. The number of fused-ring (bicyclic) bond motifs is 2. The van der Waals surface area contributed by atoms with Crippen LogP contribution in [0.5, 0.6) is 0 Å². The summed E-state index contributed by atoms with van der Waals surface area (Å²) in [5, 5.41) is 2.06. The molecule has 0 atom stereocenters. The summed E-state index contributed by atoms with van der Waals surface area (Å²) in [5.74, 6) is 0.253. The molecule has 16 heavy (non-hydrogen) atoms. The quantitative estimate of drug-likeness (QED) is 0.619. The number of carbonyl (C=O) groups excluding carboxylic acids is 2. The van der Waals surface area contributed by atoms with Crippen molar-refractivity contribution in [3.63, 3.8) is 0 Å². The van der Waals surface area contributed by atoms with Crippen LogP contribution in [0.2, 0.25) is 0 Å². The van der Waals surface area contributed by atoms with Gasteiger partial charge in [0, 0.05) is 12.8 Å². The summed E-state index contributed by atoms with van der Waals surface area (Å²) in [6.07, 6.45) is 8.01. The zero-order valence-electron chi connectivity index (χ0n) is 8.69. The molecule has 0 N–H and O–H groups in total. The second kappa shape index (κ2) is 3.27. The summed E-state index contributed by atoms with van der Waals surface area (Å²) >= 11 is 0. The van der Waals surface area contributed by atoms with E-state index in [1.54, 1.807) is 12.2 Å². The van der Waals surface area contributed by atoms with Gasteiger partial charge in [-0.25, -0.2) is 0 Å². The highest BCUT2D eigenvalue weighted by Crippen LogP contribution is 2.06. The zero-order valence-corrected chi connectivity index (χ0v) is 8.69. The molecule has 0 aromatic heterocycles. The molecule has 2 aliphatic carbocycles. The van der Waals surface area contributed by atoms with E-state index in [4.69, 9.17) is 0 Å². The average Bonchev–Trinajstić information content (AvgIpc) is 2.26. The van der Waals surface area contributed by atoms with E-state index in [-0.39, 0.29) is 11.6 Å². The summed E-state index contributed by atoms with van der Waals surface area (Å²) in [5.41, 5.74) is 2.10. The first-order chi connectivity index (χ1) is 7.72. The summed E-state index contributed by atoms with van der Waals surface area (Å²) in [4.78, 5) is 22.6. The normalized spacial score (nSPS) is 17.2. The Hall–Kier alpha value is -1.96. The van der Waals surface area contributed by atoms with Crippen molar-refractivity contribution >= 4 is 29.8 Å². The van der Waals surface area contributed by atoms with Crippen molar-refractivity contribution in [3.8, 4) is 0 Å². The fourth-order valence-corrected chi connectivity index (χ4v) is 2.19. The van der Waals surface area contributed by atoms with Gasteiger partial charge in [0.2, 0.25) is 0 Å². The molecular weight excluding hydrogens is 200 g/mol. The SMILES string of the molecule is O=C1C=Cc2cc3c(cc2=C1)CC(=O)CC=3. The fraction of sp³-hybridized carbons (Fsp3) is 0.143. The van der Waals surface area contributed by atoms with Crippen LogP contribution in [0, 0.1) is 0 Å². The standard InChI is InChI=1S/C14H10O2/c15-13-3-1-9-5-10-2-4-14(16)8-12(10)6-11(9)7-13/h1-3,5-7H,4,8H2. The van der Waals surface area contributed by atoms with Crippen LogP contribution in [0.1, 0.15) is 17.5 Å². The minimum absolute atomic E-state index is 0.0126. The molecule has 0 amide bonds. The average molecular weight is 210 g/mol. The van der Waals surface area contributed by atoms with Crippen LogP contribution >= 0.6 is 0 Å². The number of Topliss-reactive ketones (excluding diaryl/α,β-unsaturated/α-hetero) is 1. The molecule has 1 aromatic rings. The summed E-state index contributed by atoms with van der Waals surface area (Å²) in [6, 6.07) is 4.01. The van der Waals surface area contributed by atoms with Gasteiger partial charge in [-0.2, -0.15) is 0 Å². The smallest absolute Gasteiger partial charge is 0.179 e. The maximum Gasteiger partial charge on any atom is 0.179 e. The zero-order chi connectivity index (χ0) is 11.1. The third kappa shape index (κ3) is 1.43. The maximum absolute atomic E-state index is 11.3. The number of hydrogen-bond donors (Lipinski definition) is 0. The van der Waals surface area contributed by atoms with E-state index >= 15 is 0 Å². The van der Waals surface area contributed by atoms with Crippen LogP contribution in [-0.4, -0.2) is 11.6 Å². The molecule has 0 bridgehead atoms. The second-order valence-electron chi connectivity index (χ2n) is 4.18. The molecule has 78 valence electrons. The van der Waals surface area contributed by atoms with E-state index in [9.17, 15) is 9.59 Å². The first kappa shape index (κ1) is 9.28. The number of carbonyl (C=O) groups is 2. The molecule has 0 fully saturated rings. The van der Waals surface area contributed by atoms with Crippen LogP contribution in [0.15, 0.2) is 18.2 Å². The number of benzene rings is 1. The van der Waals surface area contributed by atoms with E-state index < -0.39 is 0 Å². The first-order valence-electron chi connectivity index (χ1n) is 5.31. The molecule has 0 saturated carbocycles. The Morgan fingerprint density at radius 1 is 1.00 bits per heavy atom. The Labute approximate surface area is 92.6 Å². The lowest BCUT2D eigenvalue weighted by molar-refractivity contribution is -0.117. The first-order valence-corrected chi connectivity index (χ1v) is 5.31. The number of rotatable bonds is 0. The highest BCUT2D eigenvalue weighted by molar-refractivity contribution is 6.16. The third-order valence-electron chi connectivity index (χ3n) is 3.01. The van der Waals surface area contributed by atoms with E-state index in [0.29, 0.717) is 12.8 Å². The van der Waals surface area contributed by atoms with Crippen molar-refractivity contribution in [2.45, 2.75) is 12.8 Å². The Morgan fingerprint density at radius 3 is 2.75 bits per heavy atom. The van der Waals surface area contributed by atoms with Gasteiger partial charge in [0.1, 0.15) is 5.78 Å². The Bertz CT molecular complexity index is 648. The highest BCUT2D eigenvalue weighted by Gasteiger charge is 2.11. The number of allylic oxidation sites excluding steroid dienone is 1. The van der Waals surface area contributed by atoms with Crippen LogP contribution in [0.25, 0.3) is 18.2 Å². The van der Waals surface area contributed by atoms with Crippen molar-refractivity contribution in [1.29, 1.82) is 0 Å². The van der Waals surface area contributed by atoms with Gasteiger partial charge in [-0.05, 0) is 45.8 Å². The van der Waals surface area contributed by atoms with Crippen LogP contribution in [-0.2, 0) is 16.0 Å². The minimum Gasteiger partial charge on any atom is -0.299 e. The summed E-state index contributed by atoms with van der Waals surface area (Å²) in [7, 11) is 0. The van der Waals surface area contributed by atoms with Gasteiger partial charge in [-0.3, -0.25) is 9.59 Å². The van der Waals surface area contributed by atoms with Crippen molar-refractivity contribution in [1.82, 2.24) is 0 Å². The largest absolute Gasteiger partial charge is 0.299 e. The van der Waals surface area contributed by atoms with E-state index in [0.717, 1.165) is 21.6 Å². The summed E-state index contributed by atoms with van der Waals surface area (Å²) < 4.78 is 0. The van der Waals surface area contributed by atoms with Crippen molar-refractivity contribution in [2.75, 3.05) is 0 Å². The maximum atomic E-state index is 11.3. The van der Waals surface area contributed by atoms with Crippen LogP contribution in [0.4, 0.5) is 0 Å². The highest BCUT2D eigenvalue weighted by atomic mass is 16.1. The predicted molar refractivity (Wildman–Crippen MR) is 62.0 cm³/mol. The molecule has 3 rings (SSSR count). The van der Waals surface area contributed by atoms with E-state index in [1.807, 2.05) is 18.2 Å². The van der Waals surface area contributed by atoms with Gasteiger partial charge in [0.05, 0.1) is 0 Å². The predicted octanol–water partition coefficient (Wildman–Crippen LogP) is 0.359. The van der Waals surface area contributed by atoms with Crippen molar-refractivity contribution in [3.05, 3.63) is 39.8 Å². The van der Waals surface area contributed by atoms with Gasteiger partial charge in [0.25, 0.3) is 0 Å².